The van der Waals surface area contributed by atoms with Crippen LogP contribution in [0.1, 0.15) is 6.92 Å². The summed E-state index contributed by atoms with van der Waals surface area (Å²) < 4.78 is 8.40. The molecule has 0 unspecified atom stereocenters. The Balaban J connectivity index is 3.73. The lowest BCUT2D eigenvalue weighted by atomic mass is 10.9. The van der Waals surface area contributed by atoms with Crippen molar-refractivity contribution in [1.82, 2.24) is 0 Å². The Labute approximate surface area is 63.2 Å². The van der Waals surface area contributed by atoms with E-state index in [4.69, 9.17) is 0 Å². The van der Waals surface area contributed by atoms with Gasteiger partial charge in [0.15, 0.2) is 0 Å². The third-order valence-corrected chi connectivity index (χ3v) is 0.656. The second-order valence-electron chi connectivity index (χ2n) is 1.37. The molecule has 0 aliphatic carbocycles. The van der Waals surface area contributed by atoms with E-state index >= 15 is 0 Å². The summed E-state index contributed by atoms with van der Waals surface area (Å²) in [5.41, 5.74) is 0. The molecule has 0 atom stereocenters. The maximum absolute atomic E-state index is 10.4. The average Bonchev–Trinajstić information content (AvgIpc) is 2.01. The van der Waals surface area contributed by atoms with Crippen molar-refractivity contribution in [2.45, 2.75) is 6.92 Å². The fourth-order valence-electron chi connectivity index (χ4n) is 0.275. The number of methoxy groups -OCH3 is 1. The van der Waals surface area contributed by atoms with Crippen LogP contribution in [0.3, 0.4) is 0 Å². The molecule has 62 valence electrons. The van der Waals surface area contributed by atoms with Crippen LogP contribution in [0.2, 0.25) is 0 Å². The number of hydrogen-bond acceptors (Lipinski definition) is 4. The molecule has 0 aromatic carbocycles. The van der Waals surface area contributed by atoms with Gasteiger partial charge in [0.05, 0.1) is 13.7 Å². The van der Waals surface area contributed by atoms with E-state index in [0.29, 0.717) is 0 Å². The van der Waals surface area contributed by atoms with Gasteiger partial charge in [-0.2, -0.15) is 0 Å². The van der Waals surface area contributed by atoms with Gasteiger partial charge in [0, 0.05) is 0 Å². The van der Waals surface area contributed by atoms with E-state index in [9.17, 15) is 9.59 Å². The molecule has 0 radical (unpaired) electrons. The molecule has 0 aromatic heterocycles. The molecule has 2 amide bonds. The smallest absolute Gasteiger partial charge is 0.450 e. The van der Waals surface area contributed by atoms with Gasteiger partial charge < -0.3 is 9.47 Å². The lowest BCUT2D eigenvalue weighted by Gasteiger charge is -1.91. The second kappa shape index (κ2) is 5.33. The van der Waals surface area contributed by atoms with E-state index in [0.717, 1.165) is 7.11 Å². The first-order valence-corrected chi connectivity index (χ1v) is 2.87. The Morgan fingerprint density at radius 2 is 1.82 bits per heavy atom. The molecule has 0 spiro atoms. The van der Waals surface area contributed by atoms with Crippen molar-refractivity contribution in [2.24, 2.45) is 10.2 Å². The number of azo groups is 1. The molecule has 0 saturated carbocycles. The van der Waals surface area contributed by atoms with Crippen molar-refractivity contribution < 1.29 is 19.1 Å². The van der Waals surface area contributed by atoms with Crippen LogP contribution in [0.4, 0.5) is 9.59 Å². The van der Waals surface area contributed by atoms with Gasteiger partial charge in [-0.1, -0.05) is 10.2 Å². The predicted octanol–water partition coefficient (Wildman–Crippen LogP) is 1.36. The van der Waals surface area contributed by atoms with Crippen LogP contribution >= 0.6 is 0 Å². The third kappa shape index (κ3) is 5.01. The predicted molar refractivity (Wildman–Crippen MR) is 34.3 cm³/mol. The summed E-state index contributed by atoms with van der Waals surface area (Å²) in [5, 5.41) is 5.72. The van der Waals surface area contributed by atoms with Crippen molar-refractivity contribution in [1.29, 1.82) is 0 Å². The summed E-state index contributed by atoms with van der Waals surface area (Å²) in [5.74, 6) is 0. The molecule has 0 fully saturated rings. The first kappa shape index (κ1) is 9.54. The average molecular weight is 160 g/mol. The monoisotopic (exact) mass is 160 g/mol. The third-order valence-electron chi connectivity index (χ3n) is 0.656. The number of nitrogens with zero attached hydrogens (tertiary/aromatic N) is 2. The lowest BCUT2D eigenvalue weighted by Crippen LogP contribution is -1.98. The molecule has 6 heteroatoms. The van der Waals surface area contributed by atoms with Crippen molar-refractivity contribution in [3.05, 3.63) is 0 Å². The summed E-state index contributed by atoms with van der Waals surface area (Å²) in [6, 6.07) is 0. The molecular formula is C5H8N2O4. The van der Waals surface area contributed by atoms with Crippen LogP contribution in [0.5, 0.6) is 0 Å². The van der Waals surface area contributed by atoms with E-state index in [-0.39, 0.29) is 6.61 Å². The summed E-state index contributed by atoms with van der Waals surface area (Å²) in [7, 11) is 1.13. The fraction of sp³-hybridized carbons (Fsp3) is 0.600. The van der Waals surface area contributed by atoms with Crippen LogP contribution in [-0.2, 0) is 9.47 Å². The molecule has 0 heterocycles. The number of ether oxygens (including phenoxy) is 2. The highest BCUT2D eigenvalue weighted by molar-refractivity contribution is 5.72. The maximum Gasteiger partial charge on any atom is 0.452 e. The summed E-state index contributed by atoms with van der Waals surface area (Å²) in [4.78, 5) is 20.6. The topological polar surface area (TPSA) is 77.3 Å². The molecule has 0 aliphatic heterocycles. The Morgan fingerprint density at radius 3 is 2.27 bits per heavy atom. The van der Waals surface area contributed by atoms with Gasteiger partial charge in [0.1, 0.15) is 0 Å². The van der Waals surface area contributed by atoms with E-state index in [1.165, 1.54) is 0 Å². The minimum Gasteiger partial charge on any atom is -0.450 e. The number of carbonyl (C=O) groups excluding carboxylic acids is 2. The van der Waals surface area contributed by atoms with Crippen molar-refractivity contribution in [3.8, 4) is 0 Å². The first-order valence-electron chi connectivity index (χ1n) is 2.87. The normalized spacial score (nSPS) is 9.64. The minimum atomic E-state index is -0.932. The number of amides is 2. The molecule has 0 saturated heterocycles. The Morgan fingerprint density at radius 1 is 1.27 bits per heavy atom. The van der Waals surface area contributed by atoms with Crippen LogP contribution in [0.25, 0.3) is 0 Å². The zero-order valence-corrected chi connectivity index (χ0v) is 6.23. The van der Waals surface area contributed by atoms with Gasteiger partial charge in [-0.05, 0) is 6.92 Å². The molecule has 0 aromatic rings. The zero-order valence-electron chi connectivity index (χ0n) is 6.23. The van der Waals surface area contributed by atoms with Gasteiger partial charge >= 0.3 is 12.2 Å². The van der Waals surface area contributed by atoms with Crippen LogP contribution in [-0.4, -0.2) is 25.9 Å². The number of carbonyl (C=O) groups is 2. The lowest BCUT2D eigenvalue weighted by molar-refractivity contribution is 0.158. The Hall–Kier alpha value is -1.46. The van der Waals surface area contributed by atoms with E-state index in [1.54, 1.807) is 6.92 Å². The highest BCUT2D eigenvalue weighted by atomic mass is 16.6. The standard InChI is InChI=1S/C5H8N2O4/c1-3-11-5(9)7-6-4(8)10-2/h3H2,1-2H3. The molecule has 0 aliphatic rings. The SMILES string of the molecule is CCOC(=O)N=NC(=O)OC. The first-order chi connectivity index (χ1) is 5.20. The minimum absolute atomic E-state index is 0.193. The molecule has 11 heavy (non-hydrogen) atoms. The second-order valence-corrected chi connectivity index (χ2v) is 1.37. The molecule has 0 bridgehead atoms. The largest absolute Gasteiger partial charge is 0.452 e. The van der Waals surface area contributed by atoms with Crippen molar-refractivity contribution >= 4 is 12.2 Å². The number of hydrogen-bond donors (Lipinski definition) is 0. The van der Waals surface area contributed by atoms with Gasteiger partial charge in [0.25, 0.3) is 0 Å². The van der Waals surface area contributed by atoms with Gasteiger partial charge in [-0.3, -0.25) is 0 Å². The molecule has 6 nitrogen and oxygen atoms in total. The highest BCUT2D eigenvalue weighted by Gasteiger charge is 1.99. The Kier molecular flexibility index (Phi) is 4.63. The van der Waals surface area contributed by atoms with Crippen LogP contribution in [0.15, 0.2) is 10.2 Å². The number of rotatable bonds is 1. The maximum atomic E-state index is 10.4. The van der Waals surface area contributed by atoms with E-state index < -0.39 is 12.2 Å². The molecular weight excluding hydrogens is 152 g/mol. The van der Waals surface area contributed by atoms with Crippen molar-refractivity contribution in [2.75, 3.05) is 13.7 Å². The van der Waals surface area contributed by atoms with Gasteiger partial charge in [-0.15, -0.1) is 0 Å². The van der Waals surface area contributed by atoms with E-state index in [2.05, 4.69) is 19.7 Å². The van der Waals surface area contributed by atoms with Crippen molar-refractivity contribution in [3.63, 3.8) is 0 Å². The molecule has 0 N–H and O–H groups in total. The van der Waals surface area contributed by atoms with Gasteiger partial charge in [0.2, 0.25) is 0 Å². The molecule has 0 rings (SSSR count). The zero-order chi connectivity index (χ0) is 8.69. The quantitative estimate of drug-likeness (QED) is 0.542. The van der Waals surface area contributed by atoms with Crippen LogP contribution < -0.4 is 0 Å². The summed E-state index contributed by atoms with van der Waals surface area (Å²) >= 11 is 0. The highest BCUT2D eigenvalue weighted by Crippen LogP contribution is 1.87. The summed E-state index contributed by atoms with van der Waals surface area (Å²) in [6.07, 6.45) is -1.84. The summed E-state index contributed by atoms with van der Waals surface area (Å²) in [6.45, 7) is 1.81. The van der Waals surface area contributed by atoms with Gasteiger partial charge in [-0.25, -0.2) is 9.59 Å². The Bertz CT molecular complexity index is 177. The van der Waals surface area contributed by atoms with E-state index in [1.807, 2.05) is 0 Å². The fourth-order valence-corrected chi connectivity index (χ4v) is 0.275. The van der Waals surface area contributed by atoms with Crippen LogP contribution in [0, 0.1) is 0 Å².